The molecule has 4 rings (SSSR count). The number of ketones is 1. The molecule has 6 nitrogen and oxygen atoms in total. The molecule has 0 bridgehead atoms. The number of aryl methyl sites for hydroxylation is 1. The number of hydrogen-bond donors (Lipinski definition) is 0. The van der Waals surface area contributed by atoms with Gasteiger partial charge in [-0.15, -0.1) is 5.10 Å². The summed E-state index contributed by atoms with van der Waals surface area (Å²) in [6, 6.07) is 14.3. The smallest absolute Gasteiger partial charge is 0.292 e. The Morgan fingerprint density at radius 1 is 1.11 bits per heavy atom. The highest BCUT2D eigenvalue weighted by atomic mass is 35.5. The van der Waals surface area contributed by atoms with Crippen LogP contribution in [0.15, 0.2) is 53.3 Å². The molecule has 142 valence electrons. The standard InChI is InChI=1S/C21H19ClN4O2/c1-2-3-12-19-23-20-15-9-5-7-11-17(15)25(21(28)26(20)24-19)13-18(27)14-8-4-6-10-16(14)22/h4-11H,2-3,12-13H2,1H3. The fourth-order valence-electron chi connectivity index (χ4n) is 3.29. The highest BCUT2D eigenvalue weighted by molar-refractivity contribution is 6.33. The third-order valence-corrected chi connectivity index (χ3v) is 5.06. The van der Waals surface area contributed by atoms with Crippen LogP contribution in [-0.2, 0) is 13.0 Å². The second kappa shape index (κ2) is 7.56. The third-order valence-electron chi connectivity index (χ3n) is 4.73. The van der Waals surface area contributed by atoms with Crippen LogP contribution in [-0.4, -0.2) is 24.9 Å². The van der Waals surface area contributed by atoms with Crippen LogP contribution in [0, 0.1) is 0 Å². The number of Topliss-reactive ketones (excluding diaryl/α,β-unsaturated/α-hetero) is 1. The fourth-order valence-corrected chi connectivity index (χ4v) is 3.53. The third kappa shape index (κ3) is 3.20. The van der Waals surface area contributed by atoms with Gasteiger partial charge in [0.2, 0.25) is 0 Å². The van der Waals surface area contributed by atoms with Gasteiger partial charge in [-0.05, 0) is 30.7 Å². The van der Waals surface area contributed by atoms with Crippen LogP contribution >= 0.6 is 11.6 Å². The summed E-state index contributed by atoms with van der Waals surface area (Å²) in [5, 5.41) is 5.54. The number of nitrogens with zero attached hydrogens (tertiary/aromatic N) is 4. The van der Waals surface area contributed by atoms with Crippen molar-refractivity contribution in [3.8, 4) is 0 Å². The molecule has 7 heteroatoms. The Labute approximate surface area is 166 Å². The summed E-state index contributed by atoms with van der Waals surface area (Å²) in [5.74, 6) is 0.405. The molecule has 2 heterocycles. The Morgan fingerprint density at radius 3 is 2.64 bits per heavy atom. The van der Waals surface area contributed by atoms with Crippen molar-refractivity contribution in [3.05, 3.63) is 75.4 Å². The maximum Gasteiger partial charge on any atom is 0.351 e. The molecule has 0 aliphatic heterocycles. The topological polar surface area (TPSA) is 69.3 Å². The first-order chi connectivity index (χ1) is 13.6. The van der Waals surface area contributed by atoms with Crippen LogP contribution in [0.1, 0.15) is 35.9 Å². The number of rotatable bonds is 6. The lowest BCUT2D eigenvalue weighted by atomic mass is 10.1. The monoisotopic (exact) mass is 394 g/mol. The Hall–Kier alpha value is -2.99. The van der Waals surface area contributed by atoms with Crippen LogP contribution in [0.3, 0.4) is 0 Å². The molecular formula is C21H19ClN4O2. The van der Waals surface area contributed by atoms with E-state index in [1.807, 2.05) is 24.3 Å². The van der Waals surface area contributed by atoms with Crippen molar-refractivity contribution in [2.24, 2.45) is 0 Å². The van der Waals surface area contributed by atoms with Gasteiger partial charge in [0.25, 0.3) is 0 Å². The van der Waals surface area contributed by atoms with Crippen LogP contribution in [0.5, 0.6) is 0 Å². The first-order valence-corrected chi connectivity index (χ1v) is 9.63. The summed E-state index contributed by atoms with van der Waals surface area (Å²) in [7, 11) is 0. The minimum Gasteiger partial charge on any atom is -0.292 e. The lowest BCUT2D eigenvalue weighted by Crippen LogP contribution is -2.30. The van der Waals surface area contributed by atoms with Crippen LogP contribution < -0.4 is 5.69 Å². The number of halogens is 1. The highest BCUT2D eigenvalue weighted by Gasteiger charge is 2.18. The SMILES string of the molecule is CCCCc1nc2c3ccccc3n(CC(=O)c3ccccc3Cl)c(=O)n2n1. The molecule has 0 unspecified atom stereocenters. The second-order valence-electron chi connectivity index (χ2n) is 6.66. The summed E-state index contributed by atoms with van der Waals surface area (Å²) in [5.41, 5.74) is 1.18. The van der Waals surface area contributed by atoms with Gasteiger partial charge in [-0.1, -0.05) is 49.2 Å². The van der Waals surface area contributed by atoms with Crippen molar-refractivity contribution in [3.63, 3.8) is 0 Å². The summed E-state index contributed by atoms with van der Waals surface area (Å²) in [6.07, 6.45) is 2.69. The minimum atomic E-state index is -0.385. The number of hydrogen-bond acceptors (Lipinski definition) is 4. The van der Waals surface area contributed by atoms with Crippen molar-refractivity contribution in [1.29, 1.82) is 0 Å². The van der Waals surface area contributed by atoms with Gasteiger partial charge in [0.1, 0.15) is 0 Å². The Balaban J connectivity index is 1.87. The molecule has 0 spiro atoms. The zero-order chi connectivity index (χ0) is 19.7. The summed E-state index contributed by atoms with van der Waals surface area (Å²) >= 11 is 6.15. The van der Waals surface area contributed by atoms with E-state index in [4.69, 9.17) is 11.6 Å². The number of fused-ring (bicyclic) bond motifs is 3. The highest BCUT2D eigenvalue weighted by Crippen LogP contribution is 2.20. The maximum absolute atomic E-state index is 13.1. The van der Waals surface area contributed by atoms with Crippen LogP contribution in [0.4, 0.5) is 0 Å². The normalized spacial score (nSPS) is 11.4. The molecule has 0 fully saturated rings. The van der Waals surface area contributed by atoms with Crippen LogP contribution in [0.2, 0.25) is 5.02 Å². The van der Waals surface area contributed by atoms with Crippen molar-refractivity contribution < 1.29 is 4.79 Å². The lowest BCUT2D eigenvalue weighted by Gasteiger charge is -2.11. The molecule has 0 amide bonds. The summed E-state index contributed by atoms with van der Waals surface area (Å²) < 4.78 is 2.74. The van der Waals surface area contributed by atoms with E-state index in [-0.39, 0.29) is 18.0 Å². The molecule has 0 saturated carbocycles. The van der Waals surface area contributed by atoms with E-state index in [1.54, 1.807) is 24.3 Å². The predicted octanol–water partition coefficient (Wildman–Crippen LogP) is 3.92. The lowest BCUT2D eigenvalue weighted by molar-refractivity contribution is 0.0972. The Kier molecular flexibility index (Phi) is 4.96. The van der Waals surface area contributed by atoms with Gasteiger partial charge in [0.05, 0.1) is 17.1 Å². The molecular weight excluding hydrogens is 376 g/mol. The summed E-state index contributed by atoms with van der Waals surface area (Å²) in [4.78, 5) is 30.5. The molecule has 4 aromatic rings. The van der Waals surface area contributed by atoms with E-state index in [0.29, 0.717) is 34.0 Å². The molecule has 28 heavy (non-hydrogen) atoms. The van der Waals surface area contributed by atoms with Crippen molar-refractivity contribution in [1.82, 2.24) is 19.2 Å². The predicted molar refractivity (Wildman–Crippen MR) is 109 cm³/mol. The molecule has 0 saturated heterocycles. The molecule has 0 aliphatic carbocycles. The number of carbonyl (C=O) groups excluding carboxylic acids is 1. The molecule has 2 aromatic carbocycles. The van der Waals surface area contributed by atoms with Crippen molar-refractivity contribution >= 4 is 33.9 Å². The molecule has 2 aromatic heterocycles. The van der Waals surface area contributed by atoms with Gasteiger partial charge < -0.3 is 0 Å². The molecule has 0 N–H and O–H groups in total. The zero-order valence-electron chi connectivity index (χ0n) is 15.4. The van der Waals surface area contributed by atoms with Gasteiger partial charge in [-0.3, -0.25) is 9.36 Å². The number of aromatic nitrogens is 4. The molecule has 0 aliphatic rings. The van der Waals surface area contributed by atoms with Crippen molar-refractivity contribution in [2.75, 3.05) is 0 Å². The largest absolute Gasteiger partial charge is 0.351 e. The fraction of sp³-hybridized carbons (Fsp3) is 0.238. The van der Waals surface area contributed by atoms with Gasteiger partial charge in [0.15, 0.2) is 17.3 Å². The number of benzene rings is 2. The average Bonchev–Trinajstić information content (AvgIpc) is 3.14. The van der Waals surface area contributed by atoms with E-state index in [0.717, 1.165) is 18.2 Å². The van der Waals surface area contributed by atoms with Gasteiger partial charge in [0, 0.05) is 17.4 Å². The Morgan fingerprint density at radius 2 is 1.86 bits per heavy atom. The number of carbonyl (C=O) groups is 1. The summed E-state index contributed by atoms with van der Waals surface area (Å²) in [6.45, 7) is 1.97. The average molecular weight is 395 g/mol. The van der Waals surface area contributed by atoms with Gasteiger partial charge in [-0.2, -0.15) is 4.52 Å². The first-order valence-electron chi connectivity index (χ1n) is 9.25. The molecule has 0 radical (unpaired) electrons. The van der Waals surface area contributed by atoms with E-state index >= 15 is 0 Å². The second-order valence-corrected chi connectivity index (χ2v) is 7.06. The molecule has 0 atom stereocenters. The van der Waals surface area contributed by atoms with E-state index < -0.39 is 0 Å². The van der Waals surface area contributed by atoms with Gasteiger partial charge in [-0.25, -0.2) is 9.78 Å². The quantitative estimate of drug-likeness (QED) is 0.465. The zero-order valence-corrected chi connectivity index (χ0v) is 16.2. The van der Waals surface area contributed by atoms with E-state index in [2.05, 4.69) is 17.0 Å². The van der Waals surface area contributed by atoms with E-state index in [1.165, 1.54) is 9.08 Å². The maximum atomic E-state index is 13.1. The number of unbranched alkanes of at least 4 members (excludes halogenated alkanes) is 1. The first kappa shape index (κ1) is 18.4. The van der Waals surface area contributed by atoms with Gasteiger partial charge >= 0.3 is 5.69 Å². The number of para-hydroxylation sites is 1. The Bertz CT molecular complexity index is 1240. The van der Waals surface area contributed by atoms with Crippen LogP contribution in [0.25, 0.3) is 16.6 Å². The van der Waals surface area contributed by atoms with E-state index in [9.17, 15) is 9.59 Å². The van der Waals surface area contributed by atoms with Crippen molar-refractivity contribution in [2.45, 2.75) is 32.7 Å². The minimum absolute atomic E-state index is 0.122.